The zero-order valence-electron chi connectivity index (χ0n) is 15.1. The maximum absolute atomic E-state index is 9.60. The smallest absolute Gasteiger partial charge is 0.0647 e. The summed E-state index contributed by atoms with van der Waals surface area (Å²) in [5.74, 6) is 0. The van der Waals surface area contributed by atoms with Crippen molar-refractivity contribution in [2.24, 2.45) is 0 Å². The normalized spacial score (nSPS) is 14.0. The molecule has 0 radical (unpaired) electrons. The minimum Gasteiger partial charge on any atom is -0.392 e. The second kappa shape index (κ2) is 12.4. The average molecular weight is 306 g/mol. The van der Waals surface area contributed by atoms with Crippen LogP contribution in [0.3, 0.4) is 0 Å². The Balaban J connectivity index is 4.51. The molecule has 0 aliphatic carbocycles. The van der Waals surface area contributed by atoms with Crippen LogP contribution in [0.1, 0.15) is 66.7 Å². The van der Waals surface area contributed by atoms with E-state index in [2.05, 4.69) is 39.8 Å². The number of aliphatic hydroxyl groups excluding tert-OH is 2. The van der Waals surface area contributed by atoms with Crippen molar-refractivity contribution in [1.29, 1.82) is 0 Å². The van der Waals surface area contributed by atoms with Gasteiger partial charge < -0.3 is 10.2 Å². The van der Waals surface area contributed by atoms with Gasteiger partial charge in [0.05, 0.1) is 13.2 Å². The van der Waals surface area contributed by atoms with Gasteiger partial charge in [-0.15, -0.1) is 0 Å². The van der Waals surface area contributed by atoms with Crippen LogP contribution in [-0.2, 0) is 0 Å². The van der Waals surface area contributed by atoms with Gasteiger partial charge in [0.15, 0.2) is 0 Å². The topological polar surface area (TPSA) is 40.5 Å². The number of aliphatic hydroxyl groups is 2. The molecule has 0 aliphatic rings. The van der Waals surface area contributed by atoms with Gasteiger partial charge in [0.2, 0.25) is 0 Å². The fraction of sp³-hybridized carbons (Fsp3) is 0.600. The molecule has 0 saturated heterocycles. The Morgan fingerprint density at radius 1 is 0.773 bits per heavy atom. The molecule has 0 atom stereocenters. The molecule has 0 aromatic rings. The number of allylic oxidation sites excluding steroid dienone is 6. The maximum atomic E-state index is 9.60. The van der Waals surface area contributed by atoms with Crippen molar-refractivity contribution in [3.63, 3.8) is 0 Å². The van der Waals surface area contributed by atoms with E-state index in [1.165, 1.54) is 22.3 Å². The van der Waals surface area contributed by atoms with Gasteiger partial charge in [-0.1, -0.05) is 40.5 Å². The molecular formula is C20H34O2. The van der Waals surface area contributed by atoms with E-state index in [0.29, 0.717) is 0 Å². The zero-order valence-corrected chi connectivity index (χ0v) is 15.1. The van der Waals surface area contributed by atoms with Crippen molar-refractivity contribution in [1.82, 2.24) is 0 Å². The van der Waals surface area contributed by atoms with E-state index in [-0.39, 0.29) is 13.2 Å². The van der Waals surface area contributed by atoms with E-state index in [0.717, 1.165) is 37.7 Å². The first-order valence-corrected chi connectivity index (χ1v) is 8.24. The molecule has 0 bridgehead atoms. The number of hydrogen-bond donors (Lipinski definition) is 2. The molecule has 0 saturated carbocycles. The molecule has 0 unspecified atom stereocenters. The van der Waals surface area contributed by atoms with Crippen molar-refractivity contribution in [3.8, 4) is 0 Å². The lowest BCUT2D eigenvalue weighted by Gasteiger charge is -2.10. The molecule has 0 spiro atoms. The SMILES string of the molecule is CC(C)=CCC/C(C)=C(\CO)CC(C)=CCC/C(C)=C\CO. The standard InChI is InChI=1S/C20H34O2/c1-16(2)8-6-11-19(5)20(15-22)14-18(4)10-7-9-17(3)12-13-21/h8,10,12,21-22H,6-7,9,11,13-15H2,1-5H3/b17-12-,18-10?,20-19-. The summed E-state index contributed by atoms with van der Waals surface area (Å²) in [5.41, 5.74) is 6.34. The van der Waals surface area contributed by atoms with Crippen LogP contribution in [0.4, 0.5) is 0 Å². The first-order valence-electron chi connectivity index (χ1n) is 8.24. The summed E-state index contributed by atoms with van der Waals surface area (Å²) in [6, 6.07) is 0. The van der Waals surface area contributed by atoms with Gasteiger partial charge in [0, 0.05) is 0 Å². The third kappa shape index (κ3) is 10.6. The van der Waals surface area contributed by atoms with Crippen LogP contribution in [0.2, 0.25) is 0 Å². The van der Waals surface area contributed by atoms with Crippen LogP contribution in [0, 0.1) is 0 Å². The first-order chi connectivity index (χ1) is 10.4. The lowest BCUT2D eigenvalue weighted by atomic mass is 9.98. The van der Waals surface area contributed by atoms with Gasteiger partial charge >= 0.3 is 0 Å². The highest BCUT2D eigenvalue weighted by molar-refractivity contribution is 5.20. The molecule has 0 rings (SSSR count). The Morgan fingerprint density at radius 2 is 1.41 bits per heavy atom. The fourth-order valence-electron chi connectivity index (χ4n) is 2.31. The lowest BCUT2D eigenvalue weighted by molar-refractivity contribution is 0.326. The second-order valence-electron chi connectivity index (χ2n) is 6.36. The molecule has 2 N–H and O–H groups in total. The van der Waals surface area contributed by atoms with Crippen LogP contribution in [0.25, 0.3) is 0 Å². The summed E-state index contributed by atoms with van der Waals surface area (Å²) in [7, 11) is 0. The largest absolute Gasteiger partial charge is 0.392 e. The molecule has 0 heterocycles. The van der Waals surface area contributed by atoms with Gasteiger partial charge in [-0.3, -0.25) is 0 Å². The molecule has 0 aliphatic heterocycles. The number of hydrogen-bond acceptors (Lipinski definition) is 2. The summed E-state index contributed by atoms with van der Waals surface area (Å²) in [6.45, 7) is 10.8. The Morgan fingerprint density at radius 3 is 1.95 bits per heavy atom. The Kier molecular flexibility index (Phi) is 11.8. The quantitative estimate of drug-likeness (QED) is 0.551. The summed E-state index contributed by atoms with van der Waals surface area (Å²) in [6.07, 6.45) is 11.2. The molecule has 0 fully saturated rings. The van der Waals surface area contributed by atoms with Gasteiger partial charge in [-0.2, -0.15) is 0 Å². The van der Waals surface area contributed by atoms with E-state index in [1.54, 1.807) is 0 Å². The minimum absolute atomic E-state index is 0.122. The maximum Gasteiger partial charge on any atom is 0.0647 e. The molecule has 0 aromatic carbocycles. The first kappa shape index (κ1) is 20.9. The van der Waals surface area contributed by atoms with Crippen LogP contribution in [-0.4, -0.2) is 23.4 Å². The van der Waals surface area contributed by atoms with E-state index >= 15 is 0 Å². The van der Waals surface area contributed by atoms with Crippen molar-refractivity contribution in [2.75, 3.05) is 13.2 Å². The number of rotatable bonds is 10. The summed E-state index contributed by atoms with van der Waals surface area (Å²) in [4.78, 5) is 0. The Labute approximate surface area is 137 Å². The van der Waals surface area contributed by atoms with E-state index < -0.39 is 0 Å². The molecule has 22 heavy (non-hydrogen) atoms. The Hall–Kier alpha value is -1.12. The van der Waals surface area contributed by atoms with Crippen LogP contribution in [0.5, 0.6) is 0 Å². The van der Waals surface area contributed by atoms with Crippen molar-refractivity contribution in [3.05, 3.63) is 46.1 Å². The van der Waals surface area contributed by atoms with Crippen LogP contribution >= 0.6 is 0 Å². The van der Waals surface area contributed by atoms with E-state index in [1.807, 2.05) is 13.0 Å². The Bertz CT molecular complexity index is 433. The van der Waals surface area contributed by atoms with Crippen LogP contribution in [0.15, 0.2) is 46.1 Å². The molecule has 2 nitrogen and oxygen atoms in total. The lowest BCUT2D eigenvalue weighted by Crippen LogP contribution is -1.97. The van der Waals surface area contributed by atoms with Crippen molar-refractivity contribution < 1.29 is 10.2 Å². The molecule has 126 valence electrons. The molecule has 0 amide bonds. The highest BCUT2D eigenvalue weighted by Crippen LogP contribution is 2.19. The zero-order chi connectivity index (χ0) is 17.0. The van der Waals surface area contributed by atoms with Crippen molar-refractivity contribution >= 4 is 0 Å². The predicted octanol–water partition coefficient (Wildman–Crippen LogP) is 5.10. The van der Waals surface area contributed by atoms with Crippen LogP contribution < -0.4 is 0 Å². The average Bonchev–Trinajstić information content (AvgIpc) is 2.44. The van der Waals surface area contributed by atoms with Crippen molar-refractivity contribution in [2.45, 2.75) is 66.7 Å². The third-order valence-electron chi connectivity index (χ3n) is 3.83. The van der Waals surface area contributed by atoms with E-state index in [9.17, 15) is 5.11 Å². The molecular weight excluding hydrogens is 272 g/mol. The monoisotopic (exact) mass is 306 g/mol. The predicted molar refractivity (Wildman–Crippen MR) is 96.9 cm³/mol. The highest BCUT2D eigenvalue weighted by Gasteiger charge is 2.03. The third-order valence-corrected chi connectivity index (χ3v) is 3.83. The summed E-state index contributed by atoms with van der Waals surface area (Å²) >= 11 is 0. The molecule has 2 heteroatoms. The van der Waals surface area contributed by atoms with Gasteiger partial charge in [-0.05, 0) is 72.3 Å². The summed E-state index contributed by atoms with van der Waals surface area (Å²) < 4.78 is 0. The van der Waals surface area contributed by atoms with Gasteiger partial charge in [0.1, 0.15) is 0 Å². The minimum atomic E-state index is 0.122. The second-order valence-corrected chi connectivity index (χ2v) is 6.36. The van der Waals surface area contributed by atoms with Gasteiger partial charge in [0.25, 0.3) is 0 Å². The summed E-state index contributed by atoms with van der Waals surface area (Å²) in [5, 5.41) is 18.4. The van der Waals surface area contributed by atoms with Gasteiger partial charge in [-0.25, -0.2) is 0 Å². The van der Waals surface area contributed by atoms with E-state index in [4.69, 9.17) is 5.11 Å². The molecule has 0 aromatic heterocycles. The highest BCUT2D eigenvalue weighted by atomic mass is 16.3. The fourth-order valence-corrected chi connectivity index (χ4v) is 2.31.